The summed E-state index contributed by atoms with van der Waals surface area (Å²) in [7, 11) is 1.55. The van der Waals surface area contributed by atoms with E-state index in [1.807, 2.05) is 38.1 Å². The molecule has 0 atom stereocenters. The Labute approximate surface area is 171 Å². The number of carbonyl (C=O) groups excluding carboxylic acids is 1. The average molecular weight is 394 g/mol. The predicted octanol–water partition coefficient (Wildman–Crippen LogP) is 3.64. The van der Waals surface area contributed by atoms with Gasteiger partial charge in [-0.15, -0.1) is 0 Å². The number of nitrogens with one attached hydrogen (secondary N) is 1. The first-order chi connectivity index (χ1) is 14.1. The minimum absolute atomic E-state index is 0.0111. The van der Waals surface area contributed by atoms with E-state index in [9.17, 15) is 10.1 Å². The lowest BCUT2D eigenvalue weighted by Gasteiger charge is -2.13. The summed E-state index contributed by atoms with van der Waals surface area (Å²) in [6.07, 6.45) is 1.52. The molecule has 0 aliphatic heterocycles. The van der Waals surface area contributed by atoms with Crippen molar-refractivity contribution in [1.82, 2.24) is 5.32 Å². The molecule has 6 nitrogen and oxygen atoms in total. The maximum absolute atomic E-state index is 12.1. The van der Waals surface area contributed by atoms with Crippen LogP contribution in [-0.2, 0) is 16.1 Å². The first kappa shape index (κ1) is 22.0. The number of nitriles is 1. The van der Waals surface area contributed by atoms with Gasteiger partial charge in [0.1, 0.15) is 18.2 Å². The van der Waals surface area contributed by atoms with Crippen LogP contribution < -0.4 is 14.8 Å². The summed E-state index contributed by atoms with van der Waals surface area (Å²) in [4.78, 5) is 12.1. The number of amides is 1. The highest BCUT2D eigenvalue weighted by molar-refractivity contribution is 6.01. The number of nitrogens with zero attached hydrogens (tertiary/aromatic N) is 1. The summed E-state index contributed by atoms with van der Waals surface area (Å²) in [5.41, 5.74) is 2.92. The van der Waals surface area contributed by atoms with Gasteiger partial charge < -0.3 is 19.5 Å². The Morgan fingerprint density at radius 1 is 1.17 bits per heavy atom. The molecule has 0 fully saturated rings. The highest BCUT2D eigenvalue weighted by atomic mass is 16.5. The Morgan fingerprint density at radius 2 is 2.00 bits per heavy atom. The van der Waals surface area contributed by atoms with E-state index < -0.39 is 5.91 Å². The predicted molar refractivity (Wildman–Crippen MR) is 112 cm³/mol. The van der Waals surface area contributed by atoms with Gasteiger partial charge in [0, 0.05) is 13.7 Å². The number of methoxy groups -OCH3 is 1. The molecule has 0 aliphatic rings. The molecular formula is C23H26N2O4. The van der Waals surface area contributed by atoms with Crippen molar-refractivity contribution >= 4 is 12.0 Å². The van der Waals surface area contributed by atoms with Crippen LogP contribution in [0, 0.1) is 18.3 Å². The van der Waals surface area contributed by atoms with E-state index in [0.717, 1.165) is 5.56 Å². The zero-order valence-corrected chi connectivity index (χ0v) is 17.0. The third-order valence-corrected chi connectivity index (χ3v) is 4.01. The number of hydrogen-bond acceptors (Lipinski definition) is 5. The van der Waals surface area contributed by atoms with Gasteiger partial charge in [0.15, 0.2) is 11.5 Å². The van der Waals surface area contributed by atoms with E-state index in [4.69, 9.17) is 14.2 Å². The van der Waals surface area contributed by atoms with Crippen LogP contribution >= 0.6 is 0 Å². The Bertz CT molecular complexity index is 900. The number of aryl methyl sites for hydroxylation is 1. The third-order valence-electron chi connectivity index (χ3n) is 4.01. The average Bonchev–Trinajstić information content (AvgIpc) is 2.71. The van der Waals surface area contributed by atoms with E-state index in [-0.39, 0.29) is 5.57 Å². The molecule has 1 amide bonds. The molecule has 2 rings (SSSR count). The third kappa shape index (κ3) is 6.98. The number of rotatable bonds is 10. The highest BCUT2D eigenvalue weighted by Gasteiger charge is 2.11. The van der Waals surface area contributed by atoms with Crippen molar-refractivity contribution in [2.24, 2.45) is 0 Å². The Balaban J connectivity index is 2.16. The molecule has 2 aromatic carbocycles. The lowest BCUT2D eigenvalue weighted by atomic mass is 10.1. The quantitative estimate of drug-likeness (QED) is 0.378. The molecule has 152 valence electrons. The van der Waals surface area contributed by atoms with Gasteiger partial charge in [-0.1, -0.05) is 35.9 Å². The highest BCUT2D eigenvalue weighted by Crippen LogP contribution is 2.30. The van der Waals surface area contributed by atoms with Gasteiger partial charge in [-0.3, -0.25) is 4.79 Å². The second-order valence-corrected chi connectivity index (χ2v) is 6.34. The van der Waals surface area contributed by atoms with E-state index in [1.165, 1.54) is 11.6 Å². The van der Waals surface area contributed by atoms with E-state index in [0.29, 0.717) is 43.4 Å². The SMILES string of the molecule is CCOc1cc(/C=C(\C#N)C(=O)NCCOC)ccc1OCc1cccc(C)c1. The molecule has 0 aliphatic carbocycles. The van der Waals surface area contributed by atoms with Gasteiger partial charge >= 0.3 is 0 Å². The molecule has 6 heteroatoms. The zero-order valence-electron chi connectivity index (χ0n) is 17.0. The van der Waals surface area contributed by atoms with Crippen LogP contribution in [0.25, 0.3) is 6.08 Å². The van der Waals surface area contributed by atoms with Crippen molar-refractivity contribution in [2.45, 2.75) is 20.5 Å². The van der Waals surface area contributed by atoms with Crippen LogP contribution in [0.3, 0.4) is 0 Å². The van der Waals surface area contributed by atoms with Gasteiger partial charge in [-0.25, -0.2) is 0 Å². The Morgan fingerprint density at radius 3 is 2.69 bits per heavy atom. The fourth-order valence-electron chi connectivity index (χ4n) is 2.64. The topological polar surface area (TPSA) is 80.6 Å². The lowest BCUT2D eigenvalue weighted by Crippen LogP contribution is -2.27. The minimum Gasteiger partial charge on any atom is -0.490 e. The monoisotopic (exact) mass is 394 g/mol. The summed E-state index contributed by atoms with van der Waals surface area (Å²) >= 11 is 0. The van der Waals surface area contributed by atoms with E-state index in [2.05, 4.69) is 11.4 Å². The van der Waals surface area contributed by atoms with Crippen LogP contribution in [-0.4, -0.2) is 32.8 Å². The molecule has 0 aromatic heterocycles. The van der Waals surface area contributed by atoms with Crippen LogP contribution in [0.15, 0.2) is 48.0 Å². The fourth-order valence-corrected chi connectivity index (χ4v) is 2.64. The van der Waals surface area contributed by atoms with Gasteiger partial charge in [-0.05, 0) is 43.2 Å². The summed E-state index contributed by atoms with van der Waals surface area (Å²) < 4.78 is 16.5. The van der Waals surface area contributed by atoms with Crippen LogP contribution in [0.4, 0.5) is 0 Å². The minimum atomic E-state index is -0.442. The van der Waals surface area contributed by atoms with Crippen molar-refractivity contribution in [2.75, 3.05) is 26.9 Å². The molecule has 0 bridgehead atoms. The molecule has 0 radical (unpaired) electrons. The molecular weight excluding hydrogens is 368 g/mol. The standard InChI is InChI=1S/C23H26N2O4/c1-4-28-22-14-18(13-20(15-24)23(26)25-10-11-27-3)8-9-21(22)29-16-19-7-5-6-17(2)12-19/h5-9,12-14H,4,10-11,16H2,1-3H3,(H,25,26)/b20-13+. The molecule has 2 aromatic rings. The molecule has 1 N–H and O–H groups in total. The summed E-state index contributed by atoms with van der Waals surface area (Å²) in [5, 5.41) is 11.9. The van der Waals surface area contributed by atoms with E-state index >= 15 is 0 Å². The molecule has 0 spiro atoms. The number of carbonyl (C=O) groups is 1. The lowest BCUT2D eigenvalue weighted by molar-refractivity contribution is -0.117. The van der Waals surface area contributed by atoms with Crippen molar-refractivity contribution in [3.05, 3.63) is 64.7 Å². The van der Waals surface area contributed by atoms with Crippen molar-refractivity contribution in [1.29, 1.82) is 5.26 Å². The second-order valence-electron chi connectivity index (χ2n) is 6.34. The fraction of sp³-hybridized carbons (Fsp3) is 0.304. The second kappa shape index (κ2) is 11.5. The van der Waals surface area contributed by atoms with Crippen molar-refractivity contribution in [3.63, 3.8) is 0 Å². The van der Waals surface area contributed by atoms with Crippen LogP contribution in [0.5, 0.6) is 11.5 Å². The van der Waals surface area contributed by atoms with Gasteiger partial charge in [0.25, 0.3) is 5.91 Å². The first-order valence-corrected chi connectivity index (χ1v) is 9.41. The summed E-state index contributed by atoms with van der Waals surface area (Å²) in [5.74, 6) is 0.724. The molecule has 0 unspecified atom stereocenters. The van der Waals surface area contributed by atoms with Crippen molar-refractivity contribution < 1.29 is 19.0 Å². The maximum Gasteiger partial charge on any atom is 0.262 e. The largest absolute Gasteiger partial charge is 0.490 e. The molecule has 29 heavy (non-hydrogen) atoms. The maximum atomic E-state index is 12.1. The smallest absolute Gasteiger partial charge is 0.262 e. The number of hydrogen-bond donors (Lipinski definition) is 1. The Kier molecular flexibility index (Phi) is 8.74. The first-order valence-electron chi connectivity index (χ1n) is 9.41. The molecule has 0 heterocycles. The van der Waals surface area contributed by atoms with Crippen LogP contribution in [0.2, 0.25) is 0 Å². The Hall–Kier alpha value is -3.30. The molecule has 0 saturated carbocycles. The number of ether oxygens (including phenoxy) is 3. The van der Waals surface area contributed by atoms with Crippen molar-refractivity contribution in [3.8, 4) is 17.6 Å². The summed E-state index contributed by atoms with van der Waals surface area (Å²) in [6.45, 7) is 5.53. The van der Waals surface area contributed by atoms with E-state index in [1.54, 1.807) is 25.3 Å². The molecule has 0 saturated heterocycles. The normalized spacial score (nSPS) is 10.9. The zero-order chi connectivity index (χ0) is 21.1. The van der Waals surface area contributed by atoms with Crippen LogP contribution in [0.1, 0.15) is 23.6 Å². The number of benzene rings is 2. The van der Waals surface area contributed by atoms with Gasteiger partial charge in [-0.2, -0.15) is 5.26 Å². The van der Waals surface area contributed by atoms with Gasteiger partial charge in [0.2, 0.25) is 0 Å². The summed E-state index contributed by atoms with van der Waals surface area (Å²) in [6, 6.07) is 15.4. The van der Waals surface area contributed by atoms with Gasteiger partial charge in [0.05, 0.1) is 13.2 Å².